The molecule has 0 radical (unpaired) electrons. The lowest BCUT2D eigenvalue weighted by Crippen LogP contribution is -2.22. The van der Waals surface area contributed by atoms with E-state index in [9.17, 15) is 18.3 Å². The topological polar surface area (TPSA) is 128 Å². The molecule has 5 N–H and O–H groups in total. The lowest BCUT2D eigenvalue weighted by atomic mass is 9.87. The lowest BCUT2D eigenvalue weighted by Gasteiger charge is -2.21. The summed E-state index contributed by atoms with van der Waals surface area (Å²) in [4.78, 5) is 12.0. The van der Waals surface area contributed by atoms with Crippen LogP contribution in [0.3, 0.4) is 0 Å². The molecule has 0 aromatic heterocycles. The Kier molecular flexibility index (Phi) is 7.89. The van der Waals surface area contributed by atoms with Crippen molar-refractivity contribution in [3.8, 4) is 0 Å². The summed E-state index contributed by atoms with van der Waals surface area (Å²) >= 11 is 0. The van der Waals surface area contributed by atoms with Gasteiger partial charge in [0.15, 0.2) is 0 Å². The van der Waals surface area contributed by atoms with Gasteiger partial charge in [0.1, 0.15) is 4.90 Å². The molecule has 168 valence electrons. The number of para-hydroxylation sites is 1. The summed E-state index contributed by atoms with van der Waals surface area (Å²) in [7, 11) is -4.00. The van der Waals surface area contributed by atoms with Gasteiger partial charge in [-0.25, -0.2) is 13.2 Å². The van der Waals surface area contributed by atoms with Crippen LogP contribution in [0.4, 0.5) is 11.4 Å². The van der Waals surface area contributed by atoms with Gasteiger partial charge in [0, 0.05) is 13.1 Å². The number of nitrogens with one attached hydrogen (secondary N) is 3. The number of benzene rings is 2. The van der Waals surface area contributed by atoms with E-state index in [-0.39, 0.29) is 22.8 Å². The normalized spacial score (nSPS) is 13.5. The van der Waals surface area contributed by atoms with E-state index in [0.29, 0.717) is 31.7 Å². The highest BCUT2D eigenvalue weighted by atomic mass is 32.2. The third-order valence-electron chi connectivity index (χ3n) is 5.30. The minimum absolute atomic E-state index is 0.0428. The molecule has 0 heterocycles. The van der Waals surface area contributed by atoms with Crippen LogP contribution in [-0.2, 0) is 22.9 Å². The van der Waals surface area contributed by atoms with Crippen molar-refractivity contribution >= 4 is 27.4 Å². The molecule has 9 heteroatoms. The molecule has 0 saturated carbocycles. The SMILES string of the molecule is O=C(O)c1c(NS(=O)(=O)c2ccccc2NCCCNCCO)ccc2c1CCCC2. The largest absolute Gasteiger partial charge is 0.478 e. The zero-order valence-corrected chi connectivity index (χ0v) is 18.2. The predicted molar refractivity (Wildman–Crippen MR) is 120 cm³/mol. The molecule has 3 rings (SSSR count). The van der Waals surface area contributed by atoms with Crippen molar-refractivity contribution in [2.45, 2.75) is 37.0 Å². The number of rotatable bonds is 11. The quantitative estimate of drug-likeness (QED) is 0.335. The van der Waals surface area contributed by atoms with Crippen LogP contribution >= 0.6 is 0 Å². The Balaban J connectivity index is 1.81. The van der Waals surface area contributed by atoms with Gasteiger partial charge in [-0.2, -0.15) is 0 Å². The minimum Gasteiger partial charge on any atom is -0.478 e. The van der Waals surface area contributed by atoms with Crippen LogP contribution in [0.2, 0.25) is 0 Å². The monoisotopic (exact) mass is 447 g/mol. The molecule has 2 aromatic carbocycles. The fourth-order valence-electron chi connectivity index (χ4n) is 3.84. The number of aryl methyl sites for hydroxylation is 1. The second-order valence-electron chi connectivity index (χ2n) is 7.49. The number of carboxylic acid groups (broad SMARTS) is 1. The molecule has 0 spiro atoms. The van der Waals surface area contributed by atoms with E-state index in [2.05, 4.69) is 15.4 Å². The number of hydrogen-bond donors (Lipinski definition) is 5. The molecule has 8 nitrogen and oxygen atoms in total. The van der Waals surface area contributed by atoms with Crippen LogP contribution in [0, 0.1) is 0 Å². The maximum absolute atomic E-state index is 13.2. The first-order chi connectivity index (χ1) is 14.9. The lowest BCUT2D eigenvalue weighted by molar-refractivity contribution is 0.0696. The van der Waals surface area contributed by atoms with Crippen molar-refractivity contribution in [1.29, 1.82) is 0 Å². The number of aliphatic hydroxyl groups is 1. The first-order valence-electron chi connectivity index (χ1n) is 10.5. The van der Waals surface area contributed by atoms with Crippen LogP contribution in [0.5, 0.6) is 0 Å². The summed E-state index contributed by atoms with van der Waals surface area (Å²) in [5.74, 6) is -1.13. The molecule has 0 atom stereocenters. The number of anilines is 2. The van der Waals surface area contributed by atoms with Crippen molar-refractivity contribution in [3.63, 3.8) is 0 Å². The van der Waals surface area contributed by atoms with Gasteiger partial charge < -0.3 is 20.8 Å². The number of hydrogen-bond acceptors (Lipinski definition) is 6. The Morgan fingerprint density at radius 1 is 0.968 bits per heavy atom. The summed E-state index contributed by atoms with van der Waals surface area (Å²) in [5.41, 5.74) is 2.29. The third kappa shape index (κ3) is 5.75. The summed E-state index contributed by atoms with van der Waals surface area (Å²) in [5, 5.41) is 24.8. The van der Waals surface area contributed by atoms with Crippen LogP contribution in [0.1, 0.15) is 40.7 Å². The van der Waals surface area contributed by atoms with Crippen LogP contribution in [-0.4, -0.2) is 50.8 Å². The molecule has 0 saturated heterocycles. The van der Waals surface area contributed by atoms with Crippen molar-refractivity contribution in [3.05, 3.63) is 53.1 Å². The van der Waals surface area contributed by atoms with E-state index in [0.717, 1.165) is 36.8 Å². The molecule has 0 unspecified atom stereocenters. The molecular weight excluding hydrogens is 418 g/mol. The maximum Gasteiger partial charge on any atom is 0.338 e. The van der Waals surface area contributed by atoms with Crippen molar-refractivity contribution in [2.24, 2.45) is 0 Å². The fraction of sp³-hybridized carbons (Fsp3) is 0.409. The summed E-state index contributed by atoms with van der Waals surface area (Å²) in [6.45, 7) is 1.82. The van der Waals surface area contributed by atoms with Crippen molar-refractivity contribution < 1.29 is 23.4 Å². The fourth-order valence-corrected chi connectivity index (χ4v) is 5.10. The Morgan fingerprint density at radius 3 is 2.52 bits per heavy atom. The molecule has 1 aliphatic rings. The van der Waals surface area contributed by atoms with Gasteiger partial charge >= 0.3 is 5.97 Å². The van der Waals surface area contributed by atoms with Gasteiger partial charge in [-0.1, -0.05) is 18.2 Å². The highest BCUT2D eigenvalue weighted by Crippen LogP contribution is 2.32. The Morgan fingerprint density at radius 2 is 1.74 bits per heavy atom. The average molecular weight is 448 g/mol. The molecular formula is C22H29N3O5S. The van der Waals surface area contributed by atoms with Crippen molar-refractivity contribution in [2.75, 3.05) is 36.3 Å². The van der Waals surface area contributed by atoms with E-state index < -0.39 is 16.0 Å². The molecule has 0 aliphatic heterocycles. The Labute approximate surface area is 182 Å². The third-order valence-corrected chi connectivity index (χ3v) is 6.73. The summed E-state index contributed by atoms with van der Waals surface area (Å²) in [6, 6.07) is 9.92. The Bertz CT molecular complexity index is 1020. The zero-order chi connectivity index (χ0) is 22.3. The molecule has 1 aliphatic carbocycles. The predicted octanol–water partition coefficient (Wildman–Crippen LogP) is 2.45. The van der Waals surface area contributed by atoms with Crippen LogP contribution in [0.25, 0.3) is 0 Å². The second kappa shape index (κ2) is 10.6. The molecule has 0 fully saturated rings. The van der Waals surface area contributed by atoms with Gasteiger partial charge in [0.2, 0.25) is 0 Å². The average Bonchev–Trinajstić information content (AvgIpc) is 2.75. The number of aliphatic hydroxyl groups excluding tert-OH is 1. The van der Waals surface area contributed by atoms with E-state index in [1.54, 1.807) is 24.3 Å². The summed E-state index contributed by atoms with van der Waals surface area (Å²) < 4.78 is 28.8. The second-order valence-corrected chi connectivity index (χ2v) is 9.14. The number of carboxylic acids is 1. The van der Waals surface area contributed by atoms with E-state index in [1.165, 1.54) is 6.07 Å². The molecule has 31 heavy (non-hydrogen) atoms. The zero-order valence-electron chi connectivity index (χ0n) is 17.4. The van der Waals surface area contributed by atoms with Gasteiger partial charge in [0.05, 0.1) is 23.5 Å². The first-order valence-corrected chi connectivity index (χ1v) is 12.0. The standard InChI is InChI=1S/C22H29N3O5S/c26-15-14-23-12-5-13-24-18-8-3-4-9-20(18)31(29,30)25-19-11-10-16-6-1-2-7-17(16)21(19)22(27)28/h3-4,8-11,23-26H,1-2,5-7,12-15H2,(H,27,28). The van der Waals surface area contributed by atoms with Crippen LogP contribution < -0.4 is 15.4 Å². The molecule has 0 amide bonds. The number of carbonyl (C=O) groups is 1. The summed E-state index contributed by atoms with van der Waals surface area (Å²) in [6.07, 6.45) is 4.09. The smallest absolute Gasteiger partial charge is 0.338 e. The van der Waals surface area contributed by atoms with Gasteiger partial charge in [-0.3, -0.25) is 4.72 Å². The van der Waals surface area contributed by atoms with Crippen molar-refractivity contribution in [1.82, 2.24) is 5.32 Å². The van der Waals surface area contributed by atoms with Crippen LogP contribution in [0.15, 0.2) is 41.3 Å². The highest BCUT2D eigenvalue weighted by Gasteiger charge is 2.25. The van der Waals surface area contributed by atoms with E-state index in [4.69, 9.17) is 5.11 Å². The first kappa shape index (κ1) is 23.1. The number of fused-ring (bicyclic) bond motifs is 1. The van der Waals surface area contributed by atoms with E-state index >= 15 is 0 Å². The minimum atomic E-state index is -4.00. The molecule has 2 aromatic rings. The Hall–Kier alpha value is -2.62. The number of sulfonamides is 1. The highest BCUT2D eigenvalue weighted by molar-refractivity contribution is 7.92. The maximum atomic E-state index is 13.2. The van der Waals surface area contributed by atoms with Gasteiger partial charge in [0.25, 0.3) is 10.0 Å². The number of aromatic carboxylic acids is 1. The molecule has 0 bridgehead atoms. The van der Waals surface area contributed by atoms with Gasteiger partial charge in [-0.15, -0.1) is 0 Å². The van der Waals surface area contributed by atoms with Gasteiger partial charge in [-0.05, 0) is 68.0 Å². The van der Waals surface area contributed by atoms with E-state index in [1.807, 2.05) is 6.07 Å².